The molecule has 0 aromatic carbocycles. The molecule has 1 unspecified atom stereocenters. The first-order chi connectivity index (χ1) is 6.86. The van der Waals surface area contributed by atoms with Gasteiger partial charge in [0.05, 0.1) is 5.69 Å². The van der Waals surface area contributed by atoms with Crippen molar-refractivity contribution in [3.05, 3.63) is 24.0 Å². The van der Waals surface area contributed by atoms with E-state index in [0.717, 1.165) is 12.1 Å². The summed E-state index contributed by atoms with van der Waals surface area (Å²) in [5.74, 6) is 0. The number of likely N-dealkylation sites (tertiary alicyclic amines) is 1. The summed E-state index contributed by atoms with van der Waals surface area (Å²) in [5.41, 5.74) is 1.12. The predicted molar refractivity (Wildman–Crippen MR) is 56.0 cm³/mol. The molecular formula is C11H17N3. The van der Waals surface area contributed by atoms with E-state index in [-0.39, 0.29) is 0 Å². The molecule has 1 aromatic heterocycles. The topological polar surface area (TPSA) is 29.0 Å². The number of likely N-dealkylation sites (N-methyl/N-ethyl adjacent to an activating group) is 1. The zero-order valence-electron chi connectivity index (χ0n) is 8.69. The van der Waals surface area contributed by atoms with Crippen LogP contribution < -0.4 is 0 Å². The minimum atomic E-state index is 0.667. The second-order valence-electron chi connectivity index (χ2n) is 4.05. The van der Waals surface area contributed by atoms with Crippen LogP contribution in [0.25, 0.3) is 0 Å². The molecule has 0 amide bonds. The lowest BCUT2D eigenvalue weighted by atomic mass is 9.99. The van der Waals surface area contributed by atoms with E-state index in [4.69, 9.17) is 0 Å². The highest BCUT2D eigenvalue weighted by molar-refractivity contribution is 5.01. The number of hydrogen-bond acceptors (Lipinski definition) is 3. The Kier molecular flexibility index (Phi) is 3.09. The molecule has 0 bridgehead atoms. The maximum atomic E-state index is 4.13. The van der Waals surface area contributed by atoms with Crippen molar-refractivity contribution in [2.75, 3.05) is 13.6 Å². The Labute approximate surface area is 85.1 Å². The first-order valence-electron chi connectivity index (χ1n) is 5.33. The number of nitrogens with zero attached hydrogens (tertiary/aromatic N) is 3. The molecule has 1 aliphatic heterocycles. The second kappa shape index (κ2) is 4.51. The Morgan fingerprint density at radius 2 is 2.43 bits per heavy atom. The second-order valence-corrected chi connectivity index (χ2v) is 4.05. The van der Waals surface area contributed by atoms with Gasteiger partial charge in [-0.1, -0.05) is 6.42 Å². The SMILES string of the molecule is CN1CCCCC1Cc1cccnn1. The highest BCUT2D eigenvalue weighted by Gasteiger charge is 2.19. The molecule has 0 saturated carbocycles. The lowest BCUT2D eigenvalue weighted by Gasteiger charge is -2.32. The van der Waals surface area contributed by atoms with E-state index in [2.05, 4.69) is 28.2 Å². The third-order valence-corrected chi connectivity index (χ3v) is 2.99. The van der Waals surface area contributed by atoms with Gasteiger partial charge in [-0.25, -0.2) is 0 Å². The van der Waals surface area contributed by atoms with Crippen molar-refractivity contribution in [2.45, 2.75) is 31.7 Å². The Morgan fingerprint density at radius 1 is 1.50 bits per heavy atom. The molecule has 3 nitrogen and oxygen atoms in total. The minimum Gasteiger partial charge on any atom is -0.303 e. The summed E-state index contributed by atoms with van der Waals surface area (Å²) in [4.78, 5) is 2.44. The van der Waals surface area contributed by atoms with Crippen LogP contribution in [0, 0.1) is 0 Å². The number of aromatic nitrogens is 2. The summed E-state index contributed by atoms with van der Waals surface area (Å²) in [7, 11) is 2.21. The molecule has 0 aliphatic carbocycles. The Hall–Kier alpha value is -0.960. The van der Waals surface area contributed by atoms with Gasteiger partial charge < -0.3 is 4.90 Å². The van der Waals surface area contributed by atoms with E-state index in [1.54, 1.807) is 6.20 Å². The van der Waals surface area contributed by atoms with Crippen molar-refractivity contribution in [3.8, 4) is 0 Å². The molecule has 0 radical (unpaired) electrons. The van der Waals surface area contributed by atoms with E-state index in [9.17, 15) is 0 Å². The average molecular weight is 191 g/mol. The highest BCUT2D eigenvalue weighted by atomic mass is 15.1. The third kappa shape index (κ3) is 2.29. The van der Waals surface area contributed by atoms with Crippen LogP contribution in [0.3, 0.4) is 0 Å². The van der Waals surface area contributed by atoms with Gasteiger partial charge in [-0.05, 0) is 38.6 Å². The predicted octanol–water partition coefficient (Wildman–Crippen LogP) is 1.50. The van der Waals surface area contributed by atoms with Crippen molar-refractivity contribution in [1.29, 1.82) is 0 Å². The summed E-state index contributed by atoms with van der Waals surface area (Å²) in [6.45, 7) is 1.23. The molecule has 2 heterocycles. The van der Waals surface area contributed by atoms with E-state index < -0.39 is 0 Å². The summed E-state index contributed by atoms with van der Waals surface area (Å²) in [6, 6.07) is 4.70. The molecular weight excluding hydrogens is 174 g/mol. The number of rotatable bonds is 2. The van der Waals surface area contributed by atoms with Gasteiger partial charge in [-0.2, -0.15) is 10.2 Å². The van der Waals surface area contributed by atoms with Crippen molar-refractivity contribution in [2.24, 2.45) is 0 Å². The molecule has 2 rings (SSSR count). The first-order valence-corrected chi connectivity index (χ1v) is 5.33. The average Bonchev–Trinajstić information content (AvgIpc) is 2.23. The molecule has 14 heavy (non-hydrogen) atoms. The van der Waals surface area contributed by atoms with Crippen LogP contribution in [0.4, 0.5) is 0 Å². The molecule has 0 spiro atoms. The lowest BCUT2D eigenvalue weighted by molar-refractivity contribution is 0.183. The summed E-state index contributed by atoms with van der Waals surface area (Å²) >= 11 is 0. The fourth-order valence-corrected chi connectivity index (χ4v) is 2.09. The number of hydrogen-bond donors (Lipinski definition) is 0. The van der Waals surface area contributed by atoms with Crippen molar-refractivity contribution in [3.63, 3.8) is 0 Å². The van der Waals surface area contributed by atoms with Gasteiger partial charge in [0, 0.05) is 18.7 Å². The van der Waals surface area contributed by atoms with E-state index in [1.807, 2.05) is 6.07 Å². The fraction of sp³-hybridized carbons (Fsp3) is 0.636. The molecule has 1 aromatic rings. The largest absolute Gasteiger partial charge is 0.303 e. The van der Waals surface area contributed by atoms with Gasteiger partial charge >= 0.3 is 0 Å². The molecule has 1 atom stereocenters. The van der Waals surface area contributed by atoms with Crippen LogP contribution in [0.15, 0.2) is 18.3 Å². The Morgan fingerprint density at radius 3 is 3.14 bits per heavy atom. The summed E-state index contributed by atoms with van der Waals surface area (Å²) < 4.78 is 0. The minimum absolute atomic E-state index is 0.667. The van der Waals surface area contributed by atoms with Crippen LogP contribution in [-0.2, 0) is 6.42 Å². The van der Waals surface area contributed by atoms with E-state index in [1.165, 1.54) is 25.8 Å². The van der Waals surface area contributed by atoms with Gasteiger partial charge in [0.15, 0.2) is 0 Å². The van der Waals surface area contributed by atoms with Crippen molar-refractivity contribution in [1.82, 2.24) is 15.1 Å². The maximum absolute atomic E-state index is 4.13. The van der Waals surface area contributed by atoms with E-state index in [0.29, 0.717) is 6.04 Å². The molecule has 0 N–H and O–H groups in total. The van der Waals surface area contributed by atoms with Crippen LogP contribution in [0.1, 0.15) is 25.0 Å². The van der Waals surface area contributed by atoms with Crippen LogP contribution >= 0.6 is 0 Å². The molecule has 1 aliphatic rings. The van der Waals surface area contributed by atoms with Gasteiger partial charge in [0.2, 0.25) is 0 Å². The van der Waals surface area contributed by atoms with Crippen LogP contribution in [0.2, 0.25) is 0 Å². The molecule has 3 heteroatoms. The Balaban J connectivity index is 1.96. The van der Waals surface area contributed by atoms with Gasteiger partial charge in [-0.3, -0.25) is 0 Å². The van der Waals surface area contributed by atoms with Crippen molar-refractivity contribution < 1.29 is 0 Å². The normalized spacial score (nSPS) is 23.6. The van der Waals surface area contributed by atoms with Gasteiger partial charge in [0.25, 0.3) is 0 Å². The maximum Gasteiger partial charge on any atom is 0.0646 e. The number of piperidine rings is 1. The highest BCUT2D eigenvalue weighted by Crippen LogP contribution is 2.17. The molecule has 1 fully saturated rings. The molecule has 76 valence electrons. The Bertz CT molecular complexity index is 273. The zero-order valence-corrected chi connectivity index (χ0v) is 8.69. The third-order valence-electron chi connectivity index (χ3n) is 2.99. The first kappa shape index (κ1) is 9.59. The summed E-state index contributed by atoms with van der Waals surface area (Å²) in [5, 5.41) is 8.04. The standard InChI is InChI=1S/C11H17N3/c1-14-8-3-2-6-11(14)9-10-5-4-7-12-13-10/h4-5,7,11H,2-3,6,8-9H2,1H3. The summed E-state index contributed by atoms with van der Waals surface area (Å²) in [6.07, 6.45) is 6.77. The van der Waals surface area contributed by atoms with Crippen LogP contribution in [0.5, 0.6) is 0 Å². The van der Waals surface area contributed by atoms with Gasteiger partial charge in [0.1, 0.15) is 0 Å². The quantitative estimate of drug-likeness (QED) is 0.709. The van der Waals surface area contributed by atoms with Gasteiger partial charge in [-0.15, -0.1) is 0 Å². The molecule has 1 saturated heterocycles. The van der Waals surface area contributed by atoms with Crippen molar-refractivity contribution >= 4 is 0 Å². The lowest BCUT2D eigenvalue weighted by Crippen LogP contribution is -2.37. The van der Waals surface area contributed by atoms with E-state index >= 15 is 0 Å². The zero-order chi connectivity index (χ0) is 9.80. The smallest absolute Gasteiger partial charge is 0.0646 e. The monoisotopic (exact) mass is 191 g/mol. The van der Waals surface area contributed by atoms with Crippen LogP contribution in [-0.4, -0.2) is 34.7 Å². The fourth-order valence-electron chi connectivity index (χ4n) is 2.09.